The summed E-state index contributed by atoms with van der Waals surface area (Å²) in [6.07, 6.45) is 6.55. The van der Waals surface area contributed by atoms with Crippen LogP contribution in [-0.4, -0.2) is 62.6 Å². The standard InChI is InChI=1S/C21H37N5O3/c1-2-23-21(25-11-6-15-28-17-19-7-5-16-29-19)24-10-3-4-12-26-13-8-18(9-14-26)20(22)27/h5,7,16,18H,2-4,6,8-15,17H2,1H3,(H2,22,27)(H2,23,24,25). The first-order valence-corrected chi connectivity index (χ1v) is 10.8. The quantitative estimate of drug-likeness (QED) is 0.261. The Morgan fingerprint density at radius 1 is 1.31 bits per heavy atom. The normalized spacial score (nSPS) is 16.1. The molecular formula is C21H37N5O3. The van der Waals surface area contributed by atoms with E-state index in [2.05, 4.69) is 27.4 Å². The first-order chi connectivity index (χ1) is 14.2. The number of unbranched alkanes of at least 4 members (excludes halogenated alkanes) is 1. The molecule has 164 valence electrons. The Bertz CT molecular complexity index is 583. The van der Waals surface area contributed by atoms with E-state index >= 15 is 0 Å². The van der Waals surface area contributed by atoms with Gasteiger partial charge in [-0.15, -0.1) is 0 Å². The highest BCUT2D eigenvalue weighted by Crippen LogP contribution is 2.16. The lowest BCUT2D eigenvalue weighted by Crippen LogP contribution is -2.39. The molecule has 0 spiro atoms. The van der Waals surface area contributed by atoms with Crippen LogP contribution in [0.5, 0.6) is 0 Å². The van der Waals surface area contributed by atoms with Gasteiger partial charge in [0.05, 0.1) is 6.26 Å². The van der Waals surface area contributed by atoms with Crippen molar-refractivity contribution in [2.45, 2.75) is 45.6 Å². The fourth-order valence-electron chi connectivity index (χ4n) is 3.37. The minimum Gasteiger partial charge on any atom is -0.467 e. The number of hydrogen-bond donors (Lipinski definition) is 3. The summed E-state index contributed by atoms with van der Waals surface area (Å²) < 4.78 is 10.8. The zero-order valence-corrected chi connectivity index (χ0v) is 17.7. The number of amides is 1. The van der Waals surface area contributed by atoms with Crippen molar-refractivity contribution in [3.8, 4) is 0 Å². The first-order valence-electron chi connectivity index (χ1n) is 10.8. The Kier molecular flexibility index (Phi) is 11.2. The van der Waals surface area contributed by atoms with Crippen molar-refractivity contribution >= 4 is 11.9 Å². The monoisotopic (exact) mass is 407 g/mol. The number of nitrogens with two attached hydrogens (primary N) is 1. The van der Waals surface area contributed by atoms with Crippen LogP contribution in [0.3, 0.4) is 0 Å². The number of furan rings is 1. The maximum Gasteiger partial charge on any atom is 0.220 e. The van der Waals surface area contributed by atoms with Gasteiger partial charge in [-0.2, -0.15) is 0 Å². The average Bonchev–Trinajstić information content (AvgIpc) is 3.24. The fraction of sp³-hybridized carbons (Fsp3) is 0.714. The summed E-state index contributed by atoms with van der Waals surface area (Å²) in [5.41, 5.74) is 5.39. The molecule has 0 unspecified atom stereocenters. The molecule has 1 aromatic rings. The van der Waals surface area contributed by atoms with Crippen LogP contribution in [0.1, 0.15) is 44.8 Å². The Balaban J connectivity index is 1.50. The highest BCUT2D eigenvalue weighted by Gasteiger charge is 2.22. The van der Waals surface area contributed by atoms with E-state index in [1.807, 2.05) is 12.1 Å². The number of piperidine rings is 1. The third kappa shape index (κ3) is 9.80. The third-order valence-electron chi connectivity index (χ3n) is 5.07. The van der Waals surface area contributed by atoms with Crippen molar-refractivity contribution < 1.29 is 13.9 Å². The molecule has 4 N–H and O–H groups in total. The maximum absolute atomic E-state index is 11.2. The summed E-state index contributed by atoms with van der Waals surface area (Å²) in [6, 6.07) is 3.78. The van der Waals surface area contributed by atoms with Crippen LogP contribution < -0.4 is 16.4 Å². The molecule has 0 bridgehead atoms. The van der Waals surface area contributed by atoms with Crippen LogP contribution in [0, 0.1) is 5.92 Å². The molecule has 0 radical (unpaired) electrons. The number of ether oxygens (including phenoxy) is 1. The molecular weight excluding hydrogens is 370 g/mol. The van der Waals surface area contributed by atoms with Gasteiger partial charge in [0.25, 0.3) is 0 Å². The number of nitrogens with one attached hydrogen (secondary N) is 2. The van der Waals surface area contributed by atoms with Gasteiger partial charge in [-0.3, -0.25) is 9.79 Å². The zero-order chi connectivity index (χ0) is 20.7. The Hall–Kier alpha value is -2.06. The van der Waals surface area contributed by atoms with Gasteiger partial charge < -0.3 is 30.4 Å². The summed E-state index contributed by atoms with van der Waals surface area (Å²) in [4.78, 5) is 18.2. The molecule has 1 fully saturated rings. The van der Waals surface area contributed by atoms with E-state index in [-0.39, 0.29) is 11.8 Å². The van der Waals surface area contributed by atoms with E-state index in [0.717, 1.165) is 83.1 Å². The smallest absolute Gasteiger partial charge is 0.220 e. The average molecular weight is 408 g/mol. The second-order valence-corrected chi connectivity index (χ2v) is 7.40. The van der Waals surface area contributed by atoms with Gasteiger partial charge in [-0.05, 0) is 70.8 Å². The molecule has 2 heterocycles. The lowest BCUT2D eigenvalue weighted by Gasteiger charge is -2.30. The van der Waals surface area contributed by atoms with Crippen molar-refractivity contribution in [2.75, 3.05) is 45.9 Å². The van der Waals surface area contributed by atoms with Crippen molar-refractivity contribution in [1.29, 1.82) is 0 Å². The highest BCUT2D eigenvalue weighted by molar-refractivity contribution is 5.79. The molecule has 8 heteroatoms. The van der Waals surface area contributed by atoms with E-state index < -0.39 is 0 Å². The first kappa shape index (κ1) is 23.2. The molecule has 2 rings (SSSR count). The van der Waals surface area contributed by atoms with E-state index in [0.29, 0.717) is 13.2 Å². The second-order valence-electron chi connectivity index (χ2n) is 7.40. The molecule has 0 atom stereocenters. The van der Waals surface area contributed by atoms with Gasteiger partial charge in [0.2, 0.25) is 5.91 Å². The van der Waals surface area contributed by atoms with Crippen LogP contribution in [0.4, 0.5) is 0 Å². The largest absolute Gasteiger partial charge is 0.467 e. The highest BCUT2D eigenvalue weighted by atomic mass is 16.5. The van der Waals surface area contributed by atoms with Crippen LogP contribution in [-0.2, 0) is 16.1 Å². The molecule has 1 aliphatic heterocycles. The summed E-state index contributed by atoms with van der Waals surface area (Å²) in [6.45, 7) is 8.75. The summed E-state index contributed by atoms with van der Waals surface area (Å²) >= 11 is 0. The molecule has 8 nitrogen and oxygen atoms in total. The van der Waals surface area contributed by atoms with E-state index in [1.165, 1.54) is 0 Å². The van der Waals surface area contributed by atoms with Gasteiger partial charge in [-0.25, -0.2) is 0 Å². The summed E-state index contributed by atoms with van der Waals surface area (Å²) in [5, 5.41) is 6.68. The van der Waals surface area contributed by atoms with Gasteiger partial charge in [0.1, 0.15) is 12.4 Å². The van der Waals surface area contributed by atoms with Crippen LogP contribution >= 0.6 is 0 Å². The zero-order valence-electron chi connectivity index (χ0n) is 17.7. The van der Waals surface area contributed by atoms with Crippen LogP contribution in [0.2, 0.25) is 0 Å². The molecule has 1 amide bonds. The van der Waals surface area contributed by atoms with Gasteiger partial charge >= 0.3 is 0 Å². The number of carbonyl (C=O) groups excluding carboxylic acids is 1. The number of rotatable bonds is 13. The number of hydrogen-bond acceptors (Lipinski definition) is 5. The lowest BCUT2D eigenvalue weighted by atomic mass is 9.96. The topological polar surface area (TPSA) is 105 Å². The molecule has 1 saturated heterocycles. The van der Waals surface area contributed by atoms with Crippen LogP contribution in [0.15, 0.2) is 27.8 Å². The van der Waals surface area contributed by atoms with Gasteiger partial charge in [0, 0.05) is 32.2 Å². The van der Waals surface area contributed by atoms with Crippen molar-refractivity contribution in [2.24, 2.45) is 16.6 Å². The minimum atomic E-state index is -0.145. The number of nitrogens with zero attached hydrogens (tertiary/aromatic N) is 2. The minimum absolute atomic E-state index is 0.0716. The molecule has 29 heavy (non-hydrogen) atoms. The third-order valence-corrected chi connectivity index (χ3v) is 5.07. The fourth-order valence-corrected chi connectivity index (χ4v) is 3.37. The van der Waals surface area contributed by atoms with Gasteiger partial charge in [-0.1, -0.05) is 0 Å². The molecule has 1 aromatic heterocycles. The van der Waals surface area contributed by atoms with Crippen molar-refractivity contribution in [1.82, 2.24) is 15.5 Å². The second kappa shape index (κ2) is 14.0. The van der Waals surface area contributed by atoms with E-state index in [4.69, 9.17) is 14.9 Å². The predicted octanol–water partition coefficient (Wildman–Crippen LogP) is 1.72. The summed E-state index contributed by atoms with van der Waals surface area (Å²) in [7, 11) is 0. The molecule has 0 saturated carbocycles. The van der Waals surface area contributed by atoms with E-state index in [9.17, 15) is 4.79 Å². The lowest BCUT2D eigenvalue weighted by molar-refractivity contribution is -0.123. The maximum atomic E-state index is 11.2. The number of guanidine groups is 1. The number of likely N-dealkylation sites (tertiary alicyclic amines) is 1. The SMILES string of the molecule is CCNC(=NCCCOCc1ccco1)NCCCCN1CCC(C(N)=O)CC1. The van der Waals surface area contributed by atoms with Crippen molar-refractivity contribution in [3.05, 3.63) is 24.2 Å². The Morgan fingerprint density at radius 2 is 2.14 bits per heavy atom. The summed E-state index contributed by atoms with van der Waals surface area (Å²) in [5.74, 6) is 1.64. The number of primary amides is 1. The molecule has 0 aromatic carbocycles. The van der Waals surface area contributed by atoms with Crippen LogP contribution in [0.25, 0.3) is 0 Å². The number of carbonyl (C=O) groups is 1. The van der Waals surface area contributed by atoms with Gasteiger partial charge in [0.15, 0.2) is 5.96 Å². The Labute approximate surface area is 174 Å². The number of aliphatic imine (C=N–C) groups is 1. The van der Waals surface area contributed by atoms with E-state index in [1.54, 1.807) is 6.26 Å². The molecule has 1 aliphatic rings. The predicted molar refractivity (Wildman–Crippen MR) is 115 cm³/mol. The van der Waals surface area contributed by atoms with Crippen molar-refractivity contribution in [3.63, 3.8) is 0 Å². The molecule has 0 aliphatic carbocycles. The Morgan fingerprint density at radius 3 is 2.83 bits per heavy atom.